The molecule has 0 bridgehead atoms. The summed E-state index contributed by atoms with van der Waals surface area (Å²) in [5, 5.41) is 0. The van der Waals surface area contributed by atoms with E-state index in [1.54, 1.807) is 37.4 Å². The van der Waals surface area contributed by atoms with Gasteiger partial charge in [-0.3, -0.25) is 9.78 Å². The molecule has 2 saturated carbocycles. The van der Waals surface area contributed by atoms with Crippen molar-refractivity contribution in [1.29, 1.82) is 0 Å². The van der Waals surface area contributed by atoms with Gasteiger partial charge in [-0.25, -0.2) is 0 Å². The van der Waals surface area contributed by atoms with Crippen LogP contribution in [0.2, 0.25) is 0 Å². The van der Waals surface area contributed by atoms with Crippen molar-refractivity contribution >= 4 is 11.9 Å². The van der Waals surface area contributed by atoms with Gasteiger partial charge in [0.25, 0.3) is 0 Å². The Hall–Kier alpha value is -0.921. The van der Waals surface area contributed by atoms with Crippen LogP contribution in [-0.4, -0.2) is 10.8 Å². The van der Waals surface area contributed by atoms with Gasteiger partial charge in [-0.1, -0.05) is 6.07 Å². The zero-order valence-corrected chi connectivity index (χ0v) is 12.5. The molecule has 0 aliphatic heterocycles. The molecule has 2 aliphatic rings. The number of carbonyl (C=O) groups excluding carboxylic acids is 1. The fourth-order valence-corrected chi connectivity index (χ4v) is 1.60. The van der Waals surface area contributed by atoms with E-state index in [4.69, 9.17) is 0 Å². The summed E-state index contributed by atoms with van der Waals surface area (Å²) in [7, 11) is 0. The third-order valence-electron chi connectivity index (χ3n) is 2.61. The van der Waals surface area contributed by atoms with Crippen LogP contribution < -0.4 is 0 Å². The van der Waals surface area contributed by atoms with E-state index >= 15 is 0 Å². The van der Waals surface area contributed by atoms with Crippen LogP contribution in [0.5, 0.6) is 0 Å². The normalized spacial score (nSPS) is 18.1. The van der Waals surface area contributed by atoms with E-state index in [1.165, 1.54) is 0 Å². The molecular formula is C18H15FeNO+2. The van der Waals surface area contributed by atoms with Crippen molar-refractivity contribution < 1.29 is 21.9 Å². The predicted molar refractivity (Wildman–Crippen MR) is 80.2 cm³/mol. The molecule has 2 fully saturated rings. The van der Waals surface area contributed by atoms with Crippen LogP contribution in [0.3, 0.4) is 0 Å². The summed E-state index contributed by atoms with van der Waals surface area (Å²) in [6, 6.07) is 3.74. The molecule has 1 aromatic heterocycles. The molecule has 10 radical (unpaired) electrons. The van der Waals surface area contributed by atoms with E-state index in [2.05, 4.69) is 4.98 Å². The minimum atomic E-state index is 0. The molecule has 0 unspecified atom stereocenters. The second-order valence-corrected chi connectivity index (χ2v) is 4.12. The molecule has 0 spiro atoms. The number of pyridine rings is 1. The van der Waals surface area contributed by atoms with Crippen LogP contribution in [0.4, 0.5) is 0 Å². The molecule has 0 aromatic carbocycles. The average Bonchev–Trinajstić information content (AvgIpc) is 3.20. The first-order valence-electron chi connectivity index (χ1n) is 6.37. The fourth-order valence-electron chi connectivity index (χ4n) is 1.60. The van der Waals surface area contributed by atoms with Crippen molar-refractivity contribution in [2.75, 3.05) is 0 Å². The SMILES string of the molecule is O=C(/C=C/c1cccnc1)[C]1[CH][CH][CH][CH]1.[CH]1[CH][CH][CH][CH]1.[Fe+2]. The number of hydrogen-bond donors (Lipinski definition) is 0. The predicted octanol–water partition coefficient (Wildman–Crippen LogP) is 3.09. The topological polar surface area (TPSA) is 30.0 Å². The molecule has 2 aliphatic carbocycles. The Morgan fingerprint density at radius 2 is 1.57 bits per heavy atom. The van der Waals surface area contributed by atoms with Gasteiger partial charge in [-0.15, -0.1) is 0 Å². The van der Waals surface area contributed by atoms with Gasteiger partial charge in [0.15, 0.2) is 5.78 Å². The molecule has 0 N–H and O–H groups in total. The van der Waals surface area contributed by atoms with E-state index in [0.717, 1.165) is 11.5 Å². The number of carbonyl (C=O) groups is 1. The summed E-state index contributed by atoms with van der Waals surface area (Å²) in [5.74, 6) is 0.735. The number of nitrogens with zero attached hydrogens (tertiary/aromatic N) is 1. The summed E-state index contributed by atoms with van der Waals surface area (Å²) < 4.78 is 0. The maximum atomic E-state index is 11.6. The Balaban J connectivity index is 0.000000313. The molecule has 3 rings (SSSR count). The Morgan fingerprint density at radius 3 is 2.10 bits per heavy atom. The number of hydrogen-bond acceptors (Lipinski definition) is 2. The molecule has 0 amide bonds. The van der Waals surface area contributed by atoms with Crippen molar-refractivity contribution in [3.05, 3.63) is 99.9 Å². The van der Waals surface area contributed by atoms with Crippen LogP contribution >= 0.6 is 0 Å². The first kappa shape index (κ1) is 18.1. The van der Waals surface area contributed by atoms with E-state index in [0.29, 0.717) is 0 Å². The molecule has 2 nitrogen and oxygen atoms in total. The van der Waals surface area contributed by atoms with Crippen LogP contribution in [0.25, 0.3) is 6.08 Å². The zero-order chi connectivity index (χ0) is 14.0. The summed E-state index contributed by atoms with van der Waals surface area (Å²) >= 11 is 0. The second-order valence-electron chi connectivity index (χ2n) is 4.12. The van der Waals surface area contributed by atoms with E-state index in [9.17, 15) is 4.79 Å². The molecule has 0 saturated heterocycles. The van der Waals surface area contributed by atoms with Gasteiger partial charge >= 0.3 is 17.1 Å². The molecular weight excluding hydrogens is 302 g/mol. The standard InChI is InChI=1S/C13H10NO.C5H5.Fe/c15-13(12-5-1-2-6-12)8-7-11-4-3-9-14-10-11;1-2-4-5-3-1;/h1-10H;1-5H;/q;;+2/b8-7+;;. The van der Waals surface area contributed by atoms with Gasteiger partial charge in [-0.05, 0) is 81.6 Å². The summed E-state index contributed by atoms with van der Waals surface area (Å²) in [6.45, 7) is 0. The zero-order valence-electron chi connectivity index (χ0n) is 11.4. The van der Waals surface area contributed by atoms with Gasteiger partial charge in [0.1, 0.15) is 0 Å². The van der Waals surface area contributed by atoms with Crippen molar-refractivity contribution in [2.45, 2.75) is 0 Å². The molecule has 0 atom stereocenters. The quantitative estimate of drug-likeness (QED) is 0.633. The monoisotopic (exact) mass is 317 g/mol. The summed E-state index contributed by atoms with van der Waals surface area (Å²) in [5.41, 5.74) is 0.928. The number of allylic oxidation sites excluding steroid dienone is 1. The van der Waals surface area contributed by atoms with E-state index < -0.39 is 0 Å². The maximum Gasteiger partial charge on any atom is 2.00 e. The largest absolute Gasteiger partial charge is 2.00 e. The van der Waals surface area contributed by atoms with Gasteiger partial charge in [0.2, 0.25) is 0 Å². The van der Waals surface area contributed by atoms with Gasteiger partial charge in [0.05, 0.1) is 5.92 Å². The fraction of sp³-hybridized carbons (Fsp3) is 0. The smallest absolute Gasteiger partial charge is 0.294 e. The van der Waals surface area contributed by atoms with Gasteiger partial charge < -0.3 is 0 Å². The van der Waals surface area contributed by atoms with Gasteiger partial charge in [0, 0.05) is 12.4 Å². The number of aromatic nitrogens is 1. The average molecular weight is 317 g/mol. The Bertz CT molecular complexity index is 412. The Morgan fingerprint density at radius 1 is 0.952 bits per heavy atom. The van der Waals surface area contributed by atoms with Crippen LogP contribution in [0, 0.1) is 63.7 Å². The Kier molecular flexibility index (Phi) is 9.29. The van der Waals surface area contributed by atoms with Crippen molar-refractivity contribution in [2.24, 2.45) is 0 Å². The summed E-state index contributed by atoms with van der Waals surface area (Å²) in [4.78, 5) is 15.5. The van der Waals surface area contributed by atoms with Crippen LogP contribution in [-0.2, 0) is 21.9 Å². The third kappa shape index (κ3) is 7.06. The van der Waals surface area contributed by atoms with Crippen LogP contribution in [0.15, 0.2) is 30.6 Å². The first-order valence-corrected chi connectivity index (χ1v) is 6.37. The molecule has 21 heavy (non-hydrogen) atoms. The molecule has 3 heteroatoms. The van der Waals surface area contributed by atoms with E-state index in [1.807, 2.05) is 57.1 Å². The minimum Gasteiger partial charge on any atom is -0.294 e. The molecule has 1 aromatic rings. The first-order chi connectivity index (χ1) is 9.86. The van der Waals surface area contributed by atoms with Crippen molar-refractivity contribution in [3.8, 4) is 0 Å². The minimum absolute atomic E-state index is 0. The van der Waals surface area contributed by atoms with Crippen molar-refractivity contribution in [3.63, 3.8) is 0 Å². The Labute approximate surface area is 138 Å². The number of rotatable bonds is 3. The number of ketones is 1. The summed E-state index contributed by atoms with van der Waals surface area (Å²) in [6.07, 6.45) is 24.1. The maximum absolute atomic E-state index is 11.6. The molecule has 104 valence electrons. The van der Waals surface area contributed by atoms with Crippen molar-refractivity contribution in [1.82, 2.24) is 4.98 Å². The molecule has 1 heterocycles. The van der Waals surface area contributed by atoms with E-state index in [-0.39, 0.29) is 22.9 Å². The van der Waals surface area contributed by atoms with Gasteiger partial charge in [-0.2, -0.15) is 0 Å². The third-order valence-corrected chi connectivity index (χ3v) is 2.61. The van der Waals surface area contributed by atoms with Crippen LogP contribution in [0.1, 0.15) is 5.56 Å². The second kappa shape index (κ2) is 10.8.